The van der Waals surface area contributed by atoms with Crippen molar-refractivity contribution in [2.75, 3.05) is 0 Å². The summed E-state index contributed by atoms with van der Waals surface area (Å²) in [5, 5.41) is 8.51. The van der Waals surface area contributed by atoms with E-state index in [0.717, 1.165) is 0 Å². The molecule has 2 heteroatoms. The molecule has 10 heavy (non-hydrogen) atoms. The highest BCUT2D eigenvalue weighted by atomic mass is 14.5. The second-order valence-corrected chi connectivity index (χ2v) is 1.93. The summed E-state index contributed by atoms with van der Waals surface area (Å²) >= 11 is 0. The summed E-state index contributed by atoms with van der Waals surface area (Å²) in [5.41, 5.74) is 5.11. The zero-order chi connectivity index (χ0) is 7.82. The highest BCUT2D eigenvalue weighted by molar-refractivity contribution is 5.02. The summed E-state index contributed by atoms with van der Waals surface area (Å²) in [6, 6.07) is 2.14. The van der Waals surface area contributed by atoms with Crippen molar-refractivity contribution in [3.63, 3.8) is 0 Å². The topological polar surface area (TPSA) is 49.8 Å². The van der Waals surface area contributed by atoms with E-state index in [1.165, 1.54) is 6.20 Å². The number of rotatable bonds is 3. The van der Waals surface area contributed by atoms with Gasteiger partial charge in [-0.05, 0) is 19.5 Å². The summed E-state index contributed by atoms with van der Waals surface area (Å²) in [6.45, 7) is 1.90. The average Bonchev–Trinajstić information content (AvgIpc) is 1.98. The van der Waals surface area contributed by atoms with Crippen LogP contribution in [0.1, 0.15) is 13.3 Å². The molecule has 2 nitrogen and oxygen atoms in total. The Labute approximate surface area is 61.6 Å². The Kier molecular flexibility index (Phi) is 5.17. The molecule has 0 radical (unpaired) electrons. The maximum Gasteiger partial charge on any atom is 0.0700 e. The maximum absolute atomic E-state index is 8.51. The minimum absolute atomic E-state index is 0.0233. The fourth-order valence-electron chi connectivity index (χ4n) is 0.632. The number of nitriles is 1. The van der Waals surface area contributed by atoms with Gasteiger partial charge in [0.2, 0.25) is 0 Å². The molecule has 54 valence electrons. The van der Waals surface area contributed by atoms with Crippen molar-refractivity contribution in [1.29, 1.82) is 5.26 Å². The van der Waals surface area contributed by atoms with Crippen molar-refractivity contribution in [1.82, 2.24) is 0 Å². The van der Waals surface area contributed by atoms with Crippen molar-refractivity contribution in [2.24, 2.45) is 11.7 Å². The van der Waals surface area contributed by atoms with Gasteiger partial charge in [0.25, 0.3) is 0 Å². The first kappa shape index (κ1) is 8.77. The summed E-state index contributed by atoms with van der Waals surface area (Å²) in [5.74, 6) is -0.0233. The van der Waals surface area contributed by atoms with Gasteiger partial charge in [-0.15, -0.1) is 0 Å². The standard InChI is InChI=1S/C8H12N2/c1-2-4-8(7-10)5-3-6-9/h2-4,6,8H,5,9H2,1H3/b4-2-,6-3+. The molecule has 0 rings (SSSR count). The summed E-state index contributed by atoms with van der Waals surface area (Å²) in [7, 11) is 0. The van der Waals surface area contributed by atoms with E-state index in [1.54, 1.807) is 6.08 Å². The van der Waals surface area contributed by atoms with E-state index in [0.29, 0.717) is 6.42 Å². The van der Waals surface area contributed by atoms with Gasteiger partial charge in [0.05, 0.1) is 12.0 Å². The van der Waals surface area contributed by atoms with Gasteiger partial charge < -0.3 is 5.73 Å². The third-order valence-corrected chi connectivity index (χ3v) is 1.12. The van der Waals surface area contributed by atoms with Gasteiger partial charge in [-0.1, -0.05) is 18.2 Å². The zero-order valence-corrected chi connectivity index (χ0v) is 6.12. The molecule has 0 aromatic rings. The van der Waals surface area contributed by atoms with Gasteiger partial charge in [0.15, 0.2) is 0 Å². The van der Waals surface area contributed by atoms with Crippen LogP contribution in [-0.4, -0.2) is 0 Å². The molecule has 0 aliphatic carbocycles. The second kappa shape index (κ2) is 5.90. The molecule has 0 aromatic heterocycles. The van der Waals surface area contributed by atoms with Crippen molar-refractivity contribution in [3.05, 3.63) is 24.4 Å². The average molecular weight is 136 g/mol. The molecule has 0 amide bonds. The van der Waals surface area contributed by atoms with Gasteiger partial charge in [-0.3, -0.25) is 0 Å². The van der Waals surface area contributed by atoms with Crippen molar-refractivity contribution >= 4 is 0 Å². The zero-order valence-electron chi connectivity index (χ0n) is 6.12. The lowest BCUT2D eigenvalue weighted by molar-refractivity contribution is 0.844. The van der Waals surface area contributed by atoms with Crippen molar-refractivity contribution in [3.8, 4) is 6.07 Å². The normalized spacial score (nSPS) is 14.0. The first-order chi connectivity index (χ1) is 4.85. The van der Waals surface area contributed by atoms with E-state index in [2.05, 4.69) is 6.07 Å². The van der Waals surface area contributed by atoms with Crippen LogP contribution in [0.5, 0.6) is 0 Å². The van der Waals surface area contributed by atoms with E-state index < -0.39 is 0 Å². The molecule has 0 spiro atoms. The monoisotopic (exact) mass is 136 g/mol. The molecular formula is C8H12N2. The van der Waals surface area contributed by atoms with E-state index in [-0.39, 0.29) is 5.92 Å². The summed E-state index contributed by atoms with van der Waals surface area (Å²) in [6.07, 6.45) is 7.69. The Morgan fingerprint density at radius 2 is 2.40 bits per heavy atom. The quantitative estimate of drug-likeness (QED) is 0.598. The minimum Gasteiger partial charge on any atom is -0.405 e. The second-order valence-electron chi connectivity index (χ2n) is 1.93. The number of hydrogen-bond acceptors (Lipinski definition) is 2. The number of hydrogen-bond donors (Lipinski definition) is 1. The Hall–Kier alpha value is -1.23. The predicted molar refractivity (Wildman–Crippen MR) is 41.9 cm³/mol. The molecule has 0 saturated heterocycles. The Balaban J connectivity index is 3.74. The van der Waals surface area contributed by atoms with Crippen LogP contribution in [-0.2, 0) is 0 Å². The van der Waals surface area contributed by atoms with Gasteiger partial charge >= 0.3 is 0 Å². The van der Waals surface area contributed by atoms with Gasteiger partial charge in [-0.25, -0.2) is 0 Å². The molecule has 1 atom stereocenters. The first-order valence-electron chi connectivity index (χ1n) is 3.24. The molecule has 1 unspecified atom stereocenters. The molecule has 2 N–H and O–H groups in total. The van der Waals surface area contributed by atoms with Crippen LogP contribution >= 0.6 is 0 Å². The molecule has 0 aliphatic rings. The summed E-state index contributed by atoms with van der Waals surface area (Å²) in [4.78, 5) is 0. The van der Waals surface area contributed by atoms with Crippen LogP contribution in [0.15, 0.2) is 24.4 Å². The van der Waals surface area contributed by atoms with E-state index in [1.807, 2.05) is 19.1 Å². The van der Waals surface area contributed by atoms with Crippen LogP contribution in [0.2, 0.25) is 0 Å². The lowest BCUT2D eigenvalue weighted by atomic mass is 10.1. The largest absolute Gasteiger partial charge is 0.405 e. The van der Waals surface area contributed by atoms with Crippen LogP contribution < -0.4 is 5.73 Å². The fraction of sp³-hybridized carbons (Fsp3) is 0.375. The van der Waals surface area contributed by atoms with Gasteiger partial charge in [0.1, 0.15) is 0 Å². The Morgan fingerprint density at radius 3 is 2.80 bits per heavy atom. The Morgan fingerprint density at radius 1 is 1.70 bits per heavy atom. The predicted octanol–water partition coefficient (Wildman–Crippen LogP) is 1.56. The highest BCUT2D eigenvalue weighted by Gasteiger charge is 1.96. The van der Waals surface area contributed by atoms with E-state index in [9.17, 15) is 0 Å². The first-order valence-corrected chi connectivity index (χ1v) is 3.24. The van der Waals surface area contributed by atoms with Crippen LogP contribution in [0.3, 0.4) is 0 Å². The van der Waals surface area contributed by atoms with E-state index in [4.69, 9.17) is 11.0 Å². The highest BCUT2D eigenvalue weighted by Crippen LogP contribution is 2.03. The van der Waals surface area contributed by atoms with Crippen molar-refractivity contribution in [2.45, 2.75) is 13.3 Å². The van der Waals surface area contributed by atoms with Crippen LogP contribution in [0, 0.1) is 17.2 Å². The number of allylic oxidation sites excluding steroid dienone is 3. The minimum atomic E-state index is -0.0233. The number of nitrogens with two attached hydrogens (primary N) is 1. The van der Waals surface area contributed by atoms with Gasteiger partial charge in [0, 0.05) is 0 Å². The Bertz CT molecular complexity index is 163. The number of nitrogens with zero attached hydrogens (tertiary/aromatic N) is 1. The fourth-order valence-corrected chi connectivity index (χ4v) is 0.632. The third-order valence-electron chi connectivity index (χ3n) is 1.12. The maximum atomic E-state index is 8.51. The lowest BCUT2D eigenvalue weighted by Gasteiger charge is -1.94. The van der Waals surface area contributed by atoms with E-state index >= 15 is 0 Å². The SMILES string of the molecule is C/C=C\C(C#N)C/C=C/N. The van der Waals surface area contributed by atoms with Crippen LogP contribution in [0.4, 0.5) is 0 Å². The summed E-state index contributed by atoms with van der Waals surface area (Å²) < 4.78 is 0. The van der Waals surface area contributed by atoms with Crippen LogP contribution in [0.25, 0.3) is 0 Å². The molecule has 0 aliphatic heterocycles. The molecule has 0 saturated carbocycles. The molecule has 0 bridgehead atoms. The molecule has 0 fully saturated rings. The smallest absolute Gasteiger partial charge is 0.0700 e. The molecular weight excluding hydrogens is 124 g/mol. The van der Waals surface area contributed by atoms with Crippen molar-refractivity contribution < 1.29 is 0 Å². The lowest BCUT2D eigenvalue weighted by Crippen LogP contribution is -1.89. The molecule has 0 heterocycles. The van der Waals surface area contributed by atoms with Gasteiger partial charge in [-0.2, -0.15) is 5.26 Å². The third kappa shape index (κ3) is 3.73. The molecule has 0 aromatic carbocycles.